The normalized spacial score (nSPS) is 18.5. The van der Waals surface area contributed by atoms with Gasteiger partial charge in [0.25, 0.3) is 0 Å². The van der Waals surface area contributed by atoms with Gasteiger partial charge in [-0.15, -0.1) is 0 Å². The summed E-state index contributed by atoms with van der Waals surface area (Å²) in [5, 5.41) is 4.26. The lowest BCUT2D eigenvalue weighted by Gasteiger charge is -2.25. The van der Waals surface area contributed by atoms with Crippen molar-refractivity contribution in [1.29, 1.82) is 0 Å². The molecule has 0 unspecified atom stereocenters. The zero-order chi connectivity index (χ0) is 13.4. The van der Waals surface area contributed by atoms with Gasteiger partial charge in [-0.1, -0.05) is 23.2 Å². The van der Waals surface area contributed by atoms with Crippen LogP contribution in [0.5, 0.6) is 0 Å². The fourth-order valence-electron chi connectivity index (χ4n) is 2.33. The number of aromatic nitrogens is 1. The highest BCUT2D eigenvalue weighted by Crippen LogP contribution is 2.38. The van der Waals surface area contributed by atoms with Crippen LogP contribution < -0.4 is 10.2 Å². The number of halogens is 2. The molecule has 0 saturated heterocycles. The minimum atomic E-state index is 0.578. The van der Waals surface area contributed by atoms with E-state index in [9.17, 15) is 0 Å². The third kappa shape index (κ3) is 3.26. The van der Waals surface area contributed by atoms with Crippen LogP contribution in [-0.2, 0) is 0 Å². The molecule has 0 bridgehead atoms. The first-order valence-electron chi connectivity index (χ1n) is 6.96. The van der Waals surface area contributed by atoms with Crippen LogP contribution in [0.3, 0.4) is 0 Å². The summed E-state index contributed by atoms with van der Waals surface area (Å²) in [4.78, 5) is 6.96. The van der Waals surface area contributed by atoms with E-state index in [2.05, 4.69) is 15.2 Å². The van der Waals surface area contributed by atoms with Crippen molar-refractivity contribution >= 4 is 34.8 Å². The van der Waals surface area contributed by atoms with Crippen LogP contribution in [0.2, 0.25) is 10.0 Å². The van der Waals surface area contributed by atoms with E-state index < -0.39 is 0 Å². The van der Waals surface area contributed by atoms with Crippen molar-refractivity contribution in [3.63, 3.8) is 0 Å². The molecule has 0 spiro atoms. The largest absolute Gasteiger partial charge is 0.372 e. The molecule has 0 atom stereocenters. The smallest absolute Gasteiger partial charge is 0.149 e. The fourth-order valence-corrected chi connectivity index (χ4v) is 2.90. The highest BCUT2D eigenvalue weighted by molar-refractivity contribution is 6.37. The molecule has 2 aliphatic carbocycles. The van der Waals surface area contributed by atoms with Crippen LogP contribution in [0.25, 0.3) is 0 Å². The molecule has 0 aliphatic heterocycles. The number of anilines is 2. The van der Waals surface area contributed by atoms with E-state index in [4.69, 9.17) is 23.2 Å². The lowest BCUT2D eigenvalue weighted by molar-refractivity contribution is 0.672. The molecule has 2 saturated carbocycles. The first-order chi connectivity index (χ1) is 9.17. The number of nitrogens with one attached hydrogen (secondary N) is 1. The fraction of sp³-hybridized carbons (Fsp3) is 0.643. The Morgan fingerprint density at radius 3 is 2.21 bits per heavy atom. The van der Waals surface area contributed by atoms with E-state index in [-0.39, 0.29) is 0 Å². The van der Waals surface area contributed by atoms with Gasteiger partial charge < -0.3 is 10.2 Å². The highest BCUT2D eigenvalue weighted by atomic mass is 35.5. The molecule has 19 heavy (non-hydrogen) atoms. The Morgan fingerprint density at radius 2 is 1.74 bits per heavy atom. The zero-order valence-corrected chi connectivity index (χ0v) is 12.6. The molecule has 5 heteroatoms. The summed E-state index contributed by atoms with van der Waals surface area (Å²) < 4.78 is 0. The van der Waals surface area contributed by atoms with Crippen molar-refractivity contribution in [2.24, 2.45) is 11.8 Å². The van der Waals surface area contributed by atoms with Gasteiger partial charge in [-0.2, -0.15) is 0 Å². The van der Waals surface area contributed by atoms with Crippen molar-refractivity contribution in [2.45, 2.75) is 25.7 Å². The van der Waals surface area contributed by atoms with E-state index in [1.165, 1.54) is 25.7 Å². The summed E-state index contributed by atoms with van der Waals surface area (Å²) in [7, 11) is 1.83. The highest BCUT2D eigenvalue weighted by Gasteiger charge is 2.31. The van der Waals surface area contributed by atoms with Crippen LogP contribution >= 0.6 is 23.2 Å². The summed E-state index contributed by atoms with van der Waals surface area (Å²) in [5.74, 6) is 3.24. The maximum Gasteiger partial charge on any atom is 0.149 e. The Bertz CT molecular complexity index is 456. The Labute approximate surface area is 124 Å². The average Bonchev–Trinajstić information content (AvgIpc) is 3.24. The topological polar surface area (TPSA) is 28.2 Å². The van der Waals surface area contributed by atoms with Gasteiger partial charge in [0.05, 0.1) is 10.0 Å². The molecule has 0 radical (unpaired) electrons. The van der Waals surface area contributed by atoms with Crippen LogP contribution in [0, 0.1) is 11.8 Å². The molecule has 1 aromatic heterocycles. The number of hydrogen-bond acceptors (Lipinski definition) is 3. The lowest BCUT2D eigenvalue weighted by atomic mass is 10.3. The average molecular weight is 300 g/mol. The molecule has 2 aliphatic rings. The minimum absolute atomic E-state index is 0.578. The monoisotopic (exact) mass is 299 g/mol. The maximum absolute atomic E-state index is 6.34. The van der Waals surface area contributed by atoms with Crippen LogP contribution in [0.15, 0.2) is 6.07 Å². The Hall–Kier alpha value is -0.670. The third-order valence-corrected chi connectivity index (χ3v) is 4.36. The van der Waals surface area contributed by atoms with Crippen LogP contribution in [0.1, 0.15) is 25.7 Å². The van der Waals surface area contributed by atoms with Gasteiger partial charge in [0, 0.05) is 20.1 Å². The summed E-state index contributed by atoms with van der Waals surface area (Å²) in [6, 6.07) is 1.80. The zero-order valence-electron chi connectivity index (χ0n) is 11.1. The second-order valence-electron chi connectivity index (χ2n) is 5.67. The lowest BCUT2D eigenvalue weighted by Crippen LogP contribution is -2.29. The van der Waals surface area contributed by atoms with Gasteiger partial charge in [-0.3, -0.25) is 0 Å². The van der Waals surface area contributed by atoms with E-state index >= 15 is 0 Å². The molecule has 3 nitrogen and oxygen atoms in total. The van der Waals surface area contributed by atoms with Crippen molar-refractivity contribution in [1.82, 2.24) is 4.98 Å². The first kappa shape index (κ1) is 13.3. The summed E-state index contributed by atoms with van der Waals surface area (Å²) in [6.07, 6.45) is 5.35. The molecular weight excluding hydrogens is 281 g/mol. The first-order valence-corrected chi connectivity index (χ1v) is 7.71. The quantitative estimate of drug-likeness (QED) is 0.859. The van der Waals surface area contributed by atoms with Crippen LogP contribution in [-0.4, -0.2) is 25.1 Å². The third-order valence-electron chi connectivity index (χ3n) is 3.80. The summed E-state index contributed by atoms with van der Waals surface area (Å²) in [5.41, 5.74) is 0. The second kappa shape index (κ2) is 5.37. The molecule has 3 rings (SSSR count). The van der Waals surface area contributed by atoms with E-state index in [1.54, 1.807) is 6.07 Å². The van der Waals surface area contributed by atoms with Crippen molar-refractivity contribution < 1.29 is 0 Å². The molecule has 2 fully saturated rings. The standard InChI is InChI=1S/C14H19Cl2N3/c1-17-13-11(15)6-12(16)14(18-13)19(7-9-2-3-9)8-10-4-5-10/h6,9-10H,2-5,7-8H2,1H3,(H,17,18). The molecule has 1 aromatic rings. The van der Waals surface area contributed by atoms with Crippen molar-refractivity contribution in [3.8, 4) is 0 Å². The van der Waals surface area contributed by atoms with Gasteiger partial charge in [0.2, 0.25) is 0 Å². The van der Waals surface area contributed by atoms with Crippen LogP contribution in [0.4, 0.5) is 11.6 Å². The van der Waals surface area contributed by atoms with Gasteiger partial charge >= 0.3 is 0 Å². The van der Waals surface area contributed by atoms with E-state index in [0.717, 1.165) is 30.7 Å². The number of pyridine rings is 1. The van der Waals surface area contributed by atoms with Gasteiger partial charge in [-0.05, 0) is 43.6 Å². The number of nitrogens with zero attached hydrogens (tertiary/aromatic N) is 2. The number of rotatable bonds is 6. The molecular formula is C14H19Cl2N3. The second-order valence-corrected chi connectivity index (χ2v) is 6.48. The maximum atomic E-state index is 6.34. The minimum Gasteiger partial charge on any atom is -0.372 e. The SMILES string of the molecule is CNc1nc(N(CC2CC2)CC2CC2)c(Cl)cc1Cl. The van der Waals surface area contributed by atoms with E-state index in [1.807, 2.05) is 7.05 Å². The molecule has 1 heterocycles. The predicted octanol–water partition coefficient (Wildman–Crippen LogP) is 4.06. The van der Waals surface area contributed by atoms with Crippen molar-refractivity contribution in [2.75, 3.05) is 30.4 Å². The van der Waals surface area contributed by atoms with E-state index in [0.29, 0.717) is 15.9 Å². The molecule has 1 N–H and O–H groups in total. The number of hydrogen-bond donors (Lipinski definition) is 1. The Balaban J connectivity index is 1.85. The Morgan fingerprint density at radius 1 is 1.16 bits per heavy atom. The van der Waals surface area contributed by atoms with Gasteiger partial charge in [0.1, 0.15) is 11.6 Å². The van der Waals surface area contributed by atoms with Crippen molar-refractivity contribution in [3.05, 3.63) is 16.1 Å². The predicted molar refractivity (Wildman–Crippen MR) is 81.5 cm³/mol. The van der Waals surface area contributed by atoms with Gasteiger partial charge in [-0.25, -0.2) is 4.98 Å². The summed E-state index contributed by atoms with van der Waals surface area (Å²) >= 11 is 12.5. The molecule has 0 aromatic carbocycles. The molecule has 104 valence electrons. The summed E-state index contributed by atoms with van der Waals surface area (Å²) in [6.45, 7) is 2.15. The van der Waals surface area contributed by atoms with Gasteiger partial charge in [0.15, 0.2) is 0 Å². The Kier molecular flexibility index (Phi) is 3.77. The molecule has 0 amide bonds.